The second kappa shape index (κ2) is 10.9. The number of benzene rings is 3. The normalized spacial score (nSPS) is 18.6. The highest BCUT2D eigenvalue weighted by atomic mass is 19.2. The van der Waals surface area contributed by atoms with Crippen LogP contribution in [0.5, 0.6) is 0 Å². The first kappa shape index (κ1) is 27.0. The molecule has 1 aliphatic carbocycles. The average molecular weight is 547 g/mol. The highest BCUT2D eigenvalue weighted by Gasteiger charge is 2.31. The number of hydrogen-bond donors (Lipinski definition) is 0. The van der Waals surface area contributed by atoms with Crippen LogP contribution in [0.1, 0.15) is 65.8 Å². The van der Waals surface area contributed by atoms with Gasteiger partial charge < -0.3 is 9.47 Å². The maximum absolute atomic E-state index is 15.1. The second-order valence-corrected chi connectivity index (χ2v) is 9.62. The van der Waals surface area contributed by atoms with E-state index >= 15 is 8.78 Å². The Morgan fingerprint density at radius 1 is 0.846 bits per heavy atom. The van der Waals surface area contributed by atoms with E-state index < -0.39 is 69.8 Å². The minimum absolute atomic E-state index is 0.0257. The van der Waals surface area contributed by atoms with Crippen molar-refractivity contribution in [2.75, 3.05) is 6.61 Å². The van der Waals surface area contributed by atoms with Crippen molar-refractivity contribution < 1.29 is 40.6 Å². The van der Waals surface area contributed by atoms with Crippen molar-refractivity contribution in [2.24, 2.45) is 0 Å². The van der Waals surface area contributed by atoms with Gasteiger partial charge in [-0.05, 0) is 36.5 Å². The molecule has 0 saturated carbocycles. The number of epoxide rings is 1. The van der Waals surface area contributed by atoms with Crippen LogP contribution < -0.4 is 0 Å². The van der Waals surface area contributed by atoms with E-state index in [4.69, 9.17) is 9.47 Å². The fourth-order valence-electron chi connectivity index (χ4n) is 4.84. The molecule has 0 amide bonds. The largest absolute Gasteiger partial charge is 0.458 e. The van der Waals surface area contributed by atoms with E-state index in [0.29, 0.717) is 18.4 Å². The highest BCUT2D eigenvalue weighted by Crippen LogP contribution is 2.38. The van der Waals surface area contributed by atoms with Crippen molar-refractivity contribution in [3.63, 3.8) is 0 Å². The third-order valence-electron chi connectivity index (χ3n) is 7.05. The zero-order valence-corrected chi connectivity index (χ0v) is 20.9. The number of ether oxygens (including phenoxy) is 2. The van der Waals surface area contributed by atoms with Crippen LogP contribution in [-0.4, -0.2) is 18.7 Å². The van der Waals surface area contributed by atoms with Crippen LogP contribution in [0.2, 0.25) is 0 Å². The molecule has 3 nitrogen and oxygen atoms in total. The Bertz CT molecular complexity index is 1480. The summed E-state index contributed by atoms with van der Waals surface area (Å²) < 4.78 is 98.1. The Labute approximate surface area is 221 Å². The van der Waals surface area contributed by atoms with Crippen molar-refractivity contribution in [1.29, 1.82) is 0 Å². The zero-order chi connectivity index (χ0) is 27.8. The Hall–Kier alpha value is -3.59. The number of aryl methyl sites for hydroxylation is 1. The summed E-state index contributed by atoms with van der Waals surface area (Å²) in [6.45, 7) is 2.09. The van der Waals surface area contributed by atoms with Crippen molar-refractivity contribution in [2.45, 2.75) is 51.2 Å². The summed E-state index contributed by atoms with van der Waals surface area (Å²) in [6, 6.07) is 7.51. The molecule has 0 aromatic heterocycles. The Balaban J connectivity index is 1.31. The lowest BCUT2D eigenvalue weighted by Gasteiger charge is -2.23. The molecule has 5 rings (SSSR count). The molecule has 2 unspecified atom stereocenters. The first-order valence-corrected chi connectivity index (χ1v) is 12.7. The van der Waals surface area contributed by atoms with Crippen molar-refractivity contribution in [1.82, 2.24) is 0 Å². The smallest absolute Gasteiger partial charge is 0.341 e. The van der Waals surface area contributed by atoms with Crippen molar-refractivity contribution >= 4 is 11.5 Å². The second-order valence-electron chi connectivity index (χ2n) is 9.62. The lowest BCUT2D eigenvalue weighted by atomic mass is 9.90. The monoisotopic (exact) mass is 546 g/mol. The molecule has 0 bridgehead atoms. The SMILES string of the molecule is CCCc1ccc(C(=O)OC2CC=C(c3ccc(-c4ccc(C5CO5)c(F)c4F)c(F)c3F)CC2)c(F)c1F. The molecule has 2 aliphatic rings. The van der Waals surface area contributed by atoms with Gasteiger partial charge in [-0.15, -0.1) is 0 Å². The van der Waals surface area contributed by atoms with Crippen LogP contribution in [0.4, 0.5) is 26.3 Å². The van der Waals surface area contributed by atoms with E-state index in [0.717, 1.165) is 0 Å². The van der Waals surface area contributed by atoms with Gasteiger partial charge in [0.25, 0.3) is 0 Å². The van der Waals surface area contributed by atoms with Gasteiger partial charge in [0.05, 0.1) is 12.2 Å². The number of carbonyl (C=O) groups excluding carboxylic acids is 1. The molecule has 1 heterocycles. The van der Waals surface area contributed by atoms with Crippen LogP contribution in [0.3, 0.4) is 0 Å². The van der Waals surface area contributed by atoms with Crippen LogP contribution in [0.15, 0.2) is 42.5 Å². The molecule has 1 fully saturated rings. The topological polar surface area (TPSA) is 38.8 Å². The van der Waals surface area contributed by atoms with E-state index in [1.54, 1.807) is 6.08 Å². The summed E-state index contributed by atoms with van der Waals surface area (Å²) in [4.78, 5) is 12.5. The van der Waals surface area contributed by atoms with Crippen LogP contribution in [0.25, 0.3) is 16.7 Å². The van der Waals surface area contributed by atoms with Gasteiger partial charge >= 0.3 is 5.97 Å². The van der Waals surface area contributed by atoms with Gasteiger partial charge in [-0.1, -0.05) is 49.8 Å². The molecule has 3 aromatic carbocycles. The molecular formula is C30H24F6O3. The van der Waals surface area contributed by atoms with Gasteiger partial charge in [-0.2, -0.15) is 0 Å². The van der Waals surface area contributed by atoms with Gasteiger partial charge in [-0.25, -0.2) is 31.1 Å². The summed E-state index contributed by atoms with van der Waals surface area (Å²) in [5.41, 5.74) is -0.738. The molecule has 39 heavy (non-hydrogen) atoms. The first-order valence-electron chi connectivity index (χ1n) is 12.7. The van der Waals surface area contributed by atoms with E-state index in [2.05, 4.69) is 0 Å². The van der Waals surface area contributed by atoms with E-state index in [-0.39, 0.29) is 42.6 Å². The minimum Gasteiger partial charge on any atom is -0.458 e. The van der Waals surface area contributed by atoms with E-state index in [1.165, 1.54) is 36.4 Å². The minimum atomic E-state index is -1.32. The molecule has 1 saturated heterocycles. The third-order valence-corrected chi connectivity index (χ3v) is 7.05. The molecule has 2 atom stereocenters. The fourth-order valence-corrected chi connectivity index (χ4v) is 4.84. The van der Waals surface area contributed by atoms with E-state index in [1.807, 2.05) is 6.92 Å². The van der Waals surface area contributed by atoms with E-state index in [9.17, 15) is 22.4 Å². The molecule has 0 radical (unpaired) electrons. The number of carbonyl (C=O) groups is 1. The molecule has 1 aliphatic heterocycles. The summed E-state index contributed by atoms with van der Waals surface area (Å²) in [5.74, 6) is -8.32. The van der Waals surface area contributed by atoms with Gasteiger partial charge in [0, 0.05) is 28.7 Å². The van der Waals surface area contributed by atoms with Gasteiger partial charge in [0.15, 0.2) is 34.9 Å². The first-order chi connectivity index (χ1) is 18.7. The fraction of sp³-hybridized carbons (Fsp3) is 0.300. The predicted molar refractivity (Wildman–Crippen MR) is 132 cm³/mol. The number of allylic oxidation sites excluding steroid dienone is 1. The maximum Gasteiger partial charge on any atom is 0.341 e. The highest BCUT2D eigenvalue weighted by molar-refractivity contribution is 5.90. The van der Waals surface area contributed by atoms with Gasteiger partial charge in [0.2, 0.25) is 0 Å². The quantitative estimate of drug-likeness (QED) is 0.171. The maximum atomic E-state index is 15.1. The summed E-state index contributed by atoms with van der Waals surface area (Å²) >= 11 is 0. The van der Waals surface area contributed by atoms with Crippen molar-refractivity contribution in [3.8, 4) is 11.1 Å². The lowest BCUT2D eigenvalue weighted by molar-refractivity contribution is 0.0278. The number of halogens is 6. The Morgan fingerprint density at radius 3 is 2.13 bits per heavy atom. The third kappa shape index (κ3) is 5.20. The van der Waals surface area contributed by atoms with Crippen LogP contribution >= 0.6 is 0 Å². The lowest BCUT2D eigenvalue weighted by Crippen LogP contribution is -2.21. The van der Waals surface area contributed by atoms with Crippen LogP contribution in [-0.2, 0) is 15.9 Å². The molecule has 204 valence electrons. The molecule has 3 aromatic rings. The summed E-state index contributed by atoms with van der Waals surface area (Å²) in [7, 11) is 0. The molecule has 9 heteroatoms. The molecule has 0 spiro atoms. The number of rotatable bonds is 7. The zero-order valence-electron chi connectivity index (χ0n) is 20.9. The summed E-state index contributed by atoms with van der Waals surface area (Å²) in [5, 5.41) is 0. The Kier molecular flexibility index (Phi) is 7.53. The standard InChI is InChI=1S/C30H24F6O3/c1-2-3-16-6-9-22(29(36)24(16)31)30(37)39-17-7-4-15(5-8-17)18-10-11-19(26(33)25(18)32)20-12-13-21(23-14-38-23)28(35)27(20)34/h4,6,9-13,17,23H,2-3,5,7-8,14H2,1H3. The van der Waals surface area contributed by atoms with Gasteiger partial charge in [0.1, 0.15) is 12.2 Å². The average Bonchev–Trinajstić information content (AvgIpc) is 3.76. The number of esters is 1. The number of hydrogen-bond acceptors (Lipinski definition) is 3. The predicted octanol–water partition coefficient (Wildman–Crippen LogP) is 8.00. The Morgan fingerprint density at radius 2 is 1.49 bits per heavy atom. The molecule has 0 N–H and O–H groups in total. The summed E-state index contributed by atoms with van der Waals surface area (Å²) in [6.07, 6.45) is 1.91. The van der Waals surface area contributed by atoms with Crippen molar-refractivity contribution in [3.05, 3.63) is 99.6 Å². The van der Waals surface area contributed by atoms with Crippen LogP contribution in [0, 0.1) is 34.9 Å². The molecular weight excluding hydrogens is 522 g/mol. The van der Waals surface area contributed by atoms with Gasteiger partial charge in [-0.3, -0.25) is 0 Å².